The maximum Gasteiger partial charge on any atom is 0.262 e. The fraction of sp³-hybridized carbons (Fsp3) is 0.333. The van der Waals surface area contributed by atoms with E-state index in [1.54, 1.807) is 39.2 Å². The molecule has 1 amide bonds. The molecule has 0 saturated heterocycles. The summed E-state index contributed by atoms with van der Waals surface area (Å²) in [5.41, 5.74) is 6.09. The summed E-state index contributed by atoms with van der Waals surface area (Å²) in [6.45, 7) is 1.68. The summed E-state index contributed by atoms with van der Waals surface area (Å²) >= 11 is 10.9. The minimum Gasteiger partial charge on any atom is -0.481 e. The molecule has 0 saturated carbocycles. The molecule has 0 radical (unpaired) electrons. The van der Waals surface area contributed by atoms with Crippen LogP contribution >= 0.6 is 23.8 Å². The van der Waals surface area contributed by atoms with Crippen molar-refractivity contribution in [2.24, 2.45) is 5.73 Å². The maximum atomic E-state index is 11.6. The van der Waals surface area contributed by atoms with E-state index in [0.717, 1.165) is 0 Å². The van der Waals surface area contributed by atoms with Crippen LogP contribution in [0.25, 0.3) is 0 Å². The summed E-state index contributed by atoms with van der Waals surface area (Å²) < 4.78 is 5.49. The molecule has 0 spiro atoms. The first-order chi connectivity index (χ1) is 8.32. The standard InChI is InChI=1S/C12H15ClN2O2S/c1-7(12(16)15(2)3)17-8-4-5-9(11(14)18)10(13)6-8/h4-7H,1-3H3,(H2,14,18). The van der Waals surface area contributed by atoms with Gasteiger partial charge in [0.25, 0.3) is 5.91 Å². The molecule has 6 heteroatoms. The predicted octanol–water partition coefficient (Wildman–Crippen LogP) is 1.83. The van der Waals surface area contributed by atoms with Gasteiger partial charge in [-0.3, -0.25) is 4.79 Å². The molecule has 0 bridgehead atoms. The number of nitrogens with zero attached hydrogens (tertiary/aromatic N) is 1. The molecule has 0 aromatic heterocycles. The quantitative estimate of drug-likeness (QED) is 0.858. The number of hydrogen-bond acceptors (Lipinski definition) is 3. The summed E-state index contributed by atoms with van der Waals surface area (Å²) in [4.78, 5) is 13.3. The molecule has 0 aliphatic rings. The van der Waals surface area contributed by atoms with Crippen LogP contribution in [0.2, 0.25) is 5.02 Å². The zero-order valence-corrected chi connectivity index (χ0v) is 12.0. The topological polar surface area (TPSA) is 55.6 Å². The molecular formula is C12H15ClN2O2S. The number of amides is 1. The Balaban J connectivity index is 2.84. The lowest BCUT2D eigenvalue weighted by Crippen LogP contribution is -2.35. The van der Waals surface area contributed by atoms with Gasteiger partial charge in [0.2, 0.25) is 0 Å². The third-order valence-corrected chi connectivity index (χ3v) is 2.84. The van der Waals surface area contributed by atoms with Crippen LogP contribution in [0.5, 0.6) is 5.75 Å². The molecule has 1 aromatic carbocycles. The molecule has 18 heavy (non-hydrogen) atoms. The highest BCUT2D eigenvalue weighted by Crippen LogP contribution is 2.23. The Morgan fingerprint density at radius 2 is 2.11 bits per heavy atom. The van der Waals surface area contributed by atoms with E-state index in [-0.39, 0.29) is 10.9 Å². The fourth-order valence-corrected chi connectivity index (χ4v) is 1.89. The van der Waals surface area contributed by atoms with Crippen molar-refractivity contribution < 1.29 is 9.53 Å². The molecule has 1 rings (SSSR count). The number of likely N-dealkylation sites (N-methyl/N-ethyl adjacent to an activating group) is 1. The van der Waals surface area contributed by atoms with E-state index in [0.29, 0.717) is 16.3 Å². The third-order valence-electron chi connectivity index (χ3n) is 2.31. The van der Waals surface area contributed by atoms with Crippen LogP contribution in [0, 0.1) is 0 Å². The number of nitrogens with two attached hydrogens (primary N) is 1. The largest absolute Gasteiger partial charge is 0.481 e. The van der Waals surface area contributed by atoms with E-state index in [9.17, 15) is 4.79 Å². The second-order valence-electron chi connectivity index (χ2n) is 4.00. The minimum absolute atomic E-state index is 0.121. The van der Waals surface area contributed by atoms with Crippen molar-refractivity contribution in [3.05, 3.63) is 28.8 Å². The van der Waals surface area contributed by atoms with Crippen LogP contribution in [0.1, 0.15) is 12.5 Å². The molecule has 1 unspecified atom stereocenters. The summed E-state index contributed by atoms with van der Waals surface area (Å²) in [5.74, 6) is 0.382. The van der Waals surface area contributed by atoms with Crippen LogP contribution in [-0.2, 0) is 4.79 Å². The van der Waals surface area contributed by atoms with E-state index in [1.807, 2.05) is 0 Å². The maximum absolute atomic E-state index is 11.6. The Morgan fingerprint density at radius 3 is 2.56 bits per heavy atom. The van der Waals surface area contributed by atoms with Gasteiger partial charge in [0, 0.05) is 19.7 Å². The summed E-state index contributed by atoms with van der Waals surface area (Å²) in [5, 5.41) is 0.407. The van der Waals surface area contributed by atoms with Gasteiger partial charge in [-0.15, -0.1) is 0 Å². The van der Waals surface area contributed by atoms with Crippen molar-refractivity contribution in [2.45, 2.75) is 13.0 Å². The smallest absolute Gasteiger partial charge is 0.262 e. The van der Waals surface area contributed by atoms with Gasteiger partial charge in [0.05, 0.1) is 5.02 Å². The average Bonchev–Trinajstić information content (AvgIpc) is 2.27. The van der Waals surface area contributed by atoms with E-state index in [2.05, 4.69) is 0 Å². The lowest BCUT2D eigenvalue weighted by Gasteiger charge is -2.18. The van der Waals surface area contributed by atoms with Crippen molar-refractivity contribution in [1.29, 1.82) is 0 Å². The first-order valence-corrected chi connectivity index (χ1v) is 6.08. The SMILES string of the molecule is CC(Oc1ccc(C(N)=S)c(Cl)c1)C(=O)N(C)C. The van der Waals surface area contributed by atoms with Crippen LogP contribution in [0.3, 0.4) is 0 Å². The highest BCUT2D eigenvalue weighted by Gasteiger charge is 2.17. The number of thiocarbonyl (C=S) groups is 1. The Labute approximate surface area is 117 Å². The molecule has 0 aliphatic heterocycles. The van der Waals surface area contributed by atoms with Crippen molar-refractivity contribution in [3.63, 3.8) is 0 Å². The molecule has 1 aromatic rings. The van der Waals surface area contributed by atoms with E-state index in [1.165, 1.54) is 4.90 Å². The van der Waals surface area contributed by atoms with Gasteiger partial charge in [-0.25, -0.2) is 0 Å². The predicted molar refractivity (Wildman–Crippen MR) is 76.1 cm³/mol. The Morgan fingerprint density at radius 1 is 1.50 bits per heavy atom. The summed E-state index contributed by atoms with van der Waals surface area (Å²) in [6.07, 6.45) is -0.577. The van der Waals surface area contributed by atoms with Crippen molar-refractivity contribution in [1.82, 2.24) is 4.90 Å². The van der Waals surface area contributed by atoms with Crippen LogP contribution in [0.15, 0.2) is 18.2 Å². The molecule has 98 valence electrons. The van der Waals surface area contributed by atoms with Crippen molar-refractivity contribution in [3.8, 4) is 5.75 Å². The number of hydrogen-bond donors (Lipinski definition) is 1. The first kappa shape index (κ1) is 14.7. The zero-order valence-electron chi connectivity index (χ0n) is 10.4. The van der Waals surface area contributed by atoms with E-state index < -0.39 is 6.10 Å². The lowest BCUT2D eigenvalue weighted by molar-refractivity contribution is -0.135. The van der Waals surface area contributed by atoms with Crippen molar-refractivity contribution >= 4 is 34.7 Å². The summed E-state index contributed by atoms with van der Waals surface area (Å²) in [7, 11) is 3.34. The zero-order chi connectivity index (χ0) is 13.9. The summed E-state index contributed by atoms with van der Waals surface area (Å²) in [6, 6.07) is 4.95. The molecule has 0 heterocycles. The van der Waals surface area contributed by atoms with Gasteiger partial charge in [0.15, 0.2) is 6.10 Å². The van der Waals surface area contributed by atoms with E-state index >= 15 is 0 Å². The van der Waals surface area contributed by atoms with Crippen LogP contribution < -0.4 is 10.5 Å². The lowest BCUT2D eigenvalue weighted by atomic mass is 10.2. The second-order valence-corrected chi connectivity index (χ2v) is 4.85. The number of carbonyl (C=O) groups excluding carboxylic acids is 1. The molecular weight excluding hydrogens is 272 g/mol. The van der Waals surface area contributed by atoms with Crippen LogP contribution in [-0.4, -0.2) is 36.0 Å². The molecule has 0 aliphatic carbocycles. The molecule has 2 N–H and O–H groups in total. The highest BCUT2D eigenvalue weighted by molar-refractivity contribution is 7.80. The number of halogens is 1. The Kier molecular flexibility index (Phi) is 4.93. The monoisotopic (exact) mass is 286 g/mol. The van der Waals surface area contributed by atoms with Gasteiger partial charge in [-0.1, -0.05) is 23.8 Å². The first-order valence-electron chi connectivity index (χ1n) is 5.30. The van der Waals surface area contributed by atoms with Gasteiger partial charge < -0.3 is 15.4 Å². The van der Waals surface area contributed by atoms with Gasteiger partial charge >= 0.3 is 0 Å². The minimum atomic E-state index is -0.577. The molecule has 0 fully saturated rings. The number of benzene rings is 1. The Hall–Kier alpha value is -1.33. The van der Waals surface area contributed by atoms with Gasteiger partial charge in [0.1, 0.15) is 10.7 Å². The van der Waals surface area contributed by atoms with E-state index in [4.69, 9.17) is 34.3 Å². The van der Waals surface area contributed by atoms with Crippen molar-refractivity contribution in [2.75, 3.05) is 14.1 Å². The normalized spacial score (nSPS) is 11.8. The van der Waals surface area contributed by atoms with Crippen LogP contribution in [0.4, 0.5) is 0 Å². The van der Waals surface area contributed by atoms with Gasteiger partial charge in [-0.05, 0) is 25.1 Å². The molecule has 1 atom stereocenters. The molecule has 4 nitrogen and oxygen atoms in total. The average molecular weight is 287 g/mol. The van der Waals surface area contributed by atoms with Gasteiger partial charge in [-0.2, -0.15) is 0 Å². The number of carbonyl (C=O) groups is 1. The Bertz CT molecular complexity index is 477. The third kappa shape index (κ3) is 3.58. The highest BCUT2D eigenvalue weighted by atomic mass is 35.5. The fourth-order valence-electron chi connectivity index (χ4n) is 1.39. The second kappa shape index (κ2) is 6.02. The number of rotatable bonds is 4. The number of ether oxygens (including phenoxy) is 1.